The van der Waals surface area contributed by atoms with Crippen molar-refractivity contribution < 1.29 is 13.9 Å². The van der Waals surface area contributed by atoms with E-state index in [1.54, 1.807) is 19.1 Å². The van der Waals surface area contributed by atoms with Crippen molar-refractivity contribution >= 4 is 11.7 Å². The molecule has 0 aromatic heterocycles. The molecule has 0 saturated carbocycles. The quantitative estimate of drug-likeness (QED) is 0.775. The fourth-order valence-electron chi connectivity index (χ4n) is 1.53. The number of hydrogen-bond acceptors (Lipinski definition) is 3. The maximum Gasteiger partial charge on any atom is 0.328 e. The summed E-state index contributed by atoms with van der Waals surface area (Å²) in [6.07, 6.45) is 1.56. The van der Waals surface area contributed by atoms with Crippen LogP contribution in [0.25, 0.3) is 0 Å². The molecule has 0 aliphatic rings. The van der Waals surface area contributed by atoms with Gasteiger partial charge in [0.1, 0.15) is 11.9 Å². The molecule has 0 bridgehead atoms. The minimum absolute atomic E-state index is 0.265. The highest BCUT2D eigenvalue weighted by Gasteiger charge is 2.18. The van der Waals surface area contributed by atoms with E-state index >= 15 is 0 Å². The molecular formula is C13H18FNO2. The van der Waals surface area contributed by atoms with Crippen LogP contribution in [0.1, 0.15) is 26.7 Å². The van der Waals surface area contributed by atoms with Crippen LogP contribution in [-0.4, -0.2) is 18.6 Å². The van der Waals surface area contributed by atoms with E-state index < -0.39 is 0 Å². The number of ether oxygens (including phenoxy) is 1. The van der Waals surface area contributed by atoms with Crippen LogP contribution in [0.4, 0.5) is 10.1 Å². The maximum atomic E-state index is 12.7. The van der Waals surface area contributed by atoms with E-state index in [0.29, 0.717) is 13.0 Å². The first-order valence-electron chi connectivity index (χ1n) is 5.86. The molecule has 1 atom stereocenters. The van der Waals surface area contributed by atoms with Crippen LogP contribution in [0.5, 0.6) is 0 Å². The number of carbonyl (C=O) groups is 1. The smallest absolute Gasteiger partial charge is 0.328 e. The summed E-state index contributed by atoms with van der Waals surface area (Å²) >= 11 is 0. The number of anilines is 1. The number of carbonyl (C=O) groups excluding carboxylic acids is 1. The van der Waals surface area contributed by atoms with E-state index in [4.69, 9.17) is 4.74 Å². The van der Waals surface area contributed by atoms with Crippen molar-refractivity contribution in [2.75, 3.05) is 11.9 Å². The van der Waals surface area contributed by atoms with Gasteiger partial charge in [0, 0.05) is 5.69 Å². The molecular weight excluding hydrogens is 221 g/mol. The number of rotatable bonds is 6. The third-order valence-electron chi connectivity index (χ3n) is 2.33. The molecule has 4 heteroatoms. The molecule has 0 heterocycles. The van der Waals surface area contributed by atoms with E-state index in [9.17, 15) is 9.18 Å². The van der Waals surface area contributed by atoms with Gasteiger partial charge < -0.3 is 10.1 Å². The van der Waals surface area contributed by atoms with Gasteiger partial charge in [0.25, 0.3) is 0 Å². The maximum absolute atomic E-state index is 12.7. The molecule has 1 rings (SSSR count). The zero-order valence-corrected chi connectivity index (χ0v) is 10.2. The standard InChI is InChI=1S/C13H18FNO2/c1-3-5-12(13(16)17-4-2)15-11-8-6-10(14)7-9-11/h6-9,12,15H,3-5H2,1-2H3. The first-order valence-corrected chi connectivity index (χ1v) is 5.86. The van der Waals surface area contributed by atoms with Crippen molar-refractivity contribution in [3.05, 3.63) is 30.1 Å². The molecule has 3 nitrogen and oxygen atoms in total. The van der Waals surface area contributed by atoms with E-state index in [-0.39, 0.29) is 17.8 Å². The summed E-state index contributed by atoms with van der Waals surface area (Å²) < 4.78 is 17.7. The van der Waals surface area contributed by atoms with Crippen LogP contribution >= 0.6 is 0 Å². The Morgan fingerprint density at radius 1 is 1.35 bits per heavy atom. The van der Waals surface area contributed by atoms with Crippen molar-refractivity contribution in [2.24, 2.45) is 0 Å². The van der Waals surface area contributed by atoms with Crippen molar-refractivity contribution in [2.45, 2.75) is 32.7 Å². The third kappa shape index (κ3) is 4.43. The van der Waals surface area contributed by atoms with Crippen LogP contribution in [0.15, 0.2) is 24.3 Å². The largest absolute Gasteiger partial charge is 0.464 e. The Bertz CT molecular complexity index is 351. The van der Waals surface area contributed by atoms with Gasteiger partial charge in [-0.05, 0) is 37.6 Å². The summed E-state index contributed by atoms with van der Waals surface area (Å²) in [5.74, 6) is -0.558. The van der Waals surface area contributed by atoms with Gasteiger partial charge in [-0.3, -0.25) is 0 Å². The second kappa shape index (κ2) is 6.89. The van der Waals surface area contributed by atoms with Gasteiger partial charge in [0.05, 0.1) is 6.61 Å². The van der Waals surface area contributed by atoms with Gasteiger partial charge in [-0.25, -0.2) is 9.18 Å². The molecule has 0 fully saturated rings. The van der Waals surface area contributed by atoms with Gasteiger partial charge in [-0.1, -0.05) is 13.3 Å². The Kier molecular flexibility index (Phi) is 5.46. The monoisotopic (exact) mass is 239 g/mol. The van der Waals surface area contributed by atoms with Crippen molar-refractivity contribution in [3.63, 3.8) is 0 Å². The number of esters is 1. The Balaban J connectivity index is 2.65. The molecule has 1 aromatic rings. The highest BCUT2D eigenvalue weighted by Crippen LogP contribution is 2.12. The minimum atomic E-state index is -0.370. The van der Waals surface area contributed by atoms with E-state index in [1.807, 2.05) is 6.92 Å². The molecule has 1 aromatic carbocycles. The summed E-state index contributed by atoms with van der Waals surface area (Å²) in [6.45, 7) is 4.14. The number of hydrogen-bond donors (Lipinski definition) is 1. The van der Waals surface area contributed by atoms with Gasteiger partial charge in [-0.15, -0.1) is 0 Å². The van der Waals surface area contributed by atoms with Gasteiger partial charge in [0.2, 0.25) is 0 Å². The molecule has 0 amide bonds. The van der Waals surface area contributed by atoms with E-state index in [0.717, 1.165) is 12.1 Å². The van der Waals surface area contributed by atoms with Crippen molar-refractivity contribution in [1.29, 1.82) is 0 Å². The number of benzene rings is 1. The number of halogens is 1. The number of nitrogens with one attached hydrogen (secondary N) is 1. The zero-order chi connectivity index (χ0) is 12.7. The molecule has 0 aliphatic carbocycles. The molecule has 0 spiro atoms. The molecule has 17 heavy (non-hydrogen) atoms. The topological polar surface area (TPSA) is 38.3 Å². The second-order valence-corrected chi connectivity index (χ2v) is 3.74. The third-order valence-corrected chi connectivity index (χ3v) is 2.33. The summed E-state index contributed by atoms with van der Waals surface area (Å²) in [7, 11) is 0. The fraction of sp³-hybridized carbons (Fsp3) is 0.462. The molecule has 1 N–H and O–H groups in total. The van der Waals surface area contributed by atoms with E-state index in [1.165, 1.54) is 12.1 Å². The van der Waals surface area contributed by atoms with Crippen LogP contribution in [0, 0.1) is 5.82 Å². The van der Waals surface area contributed by atoms with Gasteiger partial charge in [0.15, 0.2) is 0 Å². The van der Waals surface area contributed by atoms with E-state index in [2.05, 4.69) is 5.32 Å². The summed E-state index contributed by atoms with van der Waals surface area (Å²) in [5, 5.41) is 3.05. The van der Waals surface area contributed by atoms with Crippen LogP contribution in [-0.2, 0) is 9.53 Å². The molecule has 0 aliphatic heterocycles. The first-order chi connectivity index (χ1) is 8.17. The first kappa shape index (κ1) is 13.5. The summed E-state index contributed by atoms with van der Waals surface area (Å²) in [4.78, 5) is 11.6. The highest BCUT2D eigenvalue weighted by atomic mass is 19.1. The average Bonchev–Trinajstić information content (AvgIpc) is 2.31. The zero-order valence-electron chi connectivity index (χ0n) is 10.2. The SMILES string of the molecule is CCCC(Nc1ccc(F)cc1)C(=O)OCC. The Labute approximate surface area is 101 Å². The molecule has 1 unspecified atom stereocenters. The van der Waals surface area contributed by atoms with Gasteiger partial charge >= 0.3 is 5.97 Å². The molecule has 0 saturated heterocycles. The van der Waals surface area contributed by atoms with Crippen LogP contribution in [0.3, 0.4) is 0 Å². The minimum Gasteiger partial charge on any atom is -0.464 e. The lowest BCUT2D eigenvalue weighted by atomic mass is 10.1. The summed E-state index contributed by atoms with van der Waals surface area (Å²) in [6, 6.07) is 5.56. The summed E-state index contributed by atoms with van der Waals surface area (Å²) in [5.41, 5.74) is 0.720. The van der Waals surface area contributed by atoms with Crippen LogP contribution in [0.2, 0.25) is 0 Å². The lowest BCUT2D eigenvalue weighted by molar-refractivity contribution is -0.144. The Morgan fingerprint density at radius 2 is 2.00 bits per heavy atom. The predicted octanol–water partition coefficient (Wildman–Crippen LogP) is 2.97. The lowest BCUT2D eigenvalue weighted by Crippen LogP contribution is -2.31. The van der Waals surface area contributed by atoms with Crippen molar-refractivity contribution in [3.8, 4) is 0 Å². The molecule has 94 valence electrons. The Hall–Kier alpha value is -1.58. The molecule has 0 radical (unpaired) electrons. The highest BCUT2D eigenvalue weighted by molar-refractivity contribution is 5.79. The van der Waals surface area contributed by atoms with Crippen molar-refractivity contribution in [1.82, 2.24) is 0 Å². The lowest BCUT2D eigenvalue weighted by Gasteiger charge is -2.17. The fourth-order valence-corrected chi connectivity index (χ4v) is 1.53. The predicted molar refractivity (Wildman–Crippen MR) is 65.4 cm³/mol. The normalized spacial score (nSPS) is 11.9. The second-order valence-electron chi connectivity index (χ2n) is 3.74. The average molecular weight is 239 g/mol. The Morgan fingerprint density at radius 3 is 2.53 bits per heavy atom. The van der Waals surface area contributed by atoms with Crippen LogP contribution < -0.4 is 5.32 Å². The van der Waals surface area contributed by atoms with Gasteiger partial charge in [-0.2, -0.15) is 0 Å².